The van der Waals surface area contributed by atoms with Crippen molar-refractivity contribution in [3.8, 4) is 11.1 Å². The standard InChI is InChI=1S/C41H40N6O8/c42-33(39(52)44-23-37(50)51)22-26-13-4-5-14-27(26)35(48)19-10-20-36(49)38(47-43)46-40(53)34(21-25-11-2-1-3-12-25)45-41(54)55-24-32-30-17-8-6-15-28(30)29-16-7-9-18-31(29)32/h1-9,11-18,32-34H,10,19-24,42H2,(H,44,52)(H,45,54)(H,46,53)(H,50,51)/t33-,34-/m0/s1. The number of ether oxygens (including phenoxy) is 1. The van der Waals surface area contributed by atoms with Crippen LogP contribution in [0.15, 0.2) is 103 Å². The fraction of sp³-hybridized carbons (Fsp3) is 0.244. The number of hydrogen-bond acceptors (Lipinski definition) is 8. The minimum Gasteiger partial charge on any atom is -0.497 e. The van der Waals surface area contributed by atoms with Gasteiger partial charge in [0.1, 0.15) is 19.2 Å². The van der Waals surface area contributed by atoms with Crippen LogP contribution < -0.4 is 21.7 Å². The maximum absolute atomic E-state index is 13.5. The molecule has 0 heterocycles. The molecule has 0 saturated heterocycles. The van der Waals surface area contributed by atoms with E-state index in [-0.39, 0.29) is 56.0 Å². The van der Waals surface area contributed by atoms with E-state index in [4.69, 9.17) is 15.6 Å². The molecule has 6 N–H and O–H groups in total. The van der Waals surface area contributed by atoms with Gasteiger partial charge >= 0.3 is 23.8 Å². The van der Waals surface area contributed by atoms with E-state index in [1.807, 2.05) is 48.5 Å². The minimum atomic E-state index is -1.23. The summed E-state index contributed by atoms with van der Waals surface area (Å²) in [6, 6.07) is 28.8. The van der Waals surface area contributed by atoms with Crippen LogP contribution in [0.3, 0.4) is 0 Å². The number of nitrogens with zero attached hydrogens (tertiary/aromatic N) is 2. The summed E-state index contributed by atoms with van der Waals surface area (Å²) >= 11 is 0. The molecule has 1 aliphatic carbocycles. The Balaban J connectivity index is 1.17. The topological polar surface area (TPSA) is 230 Å². The number of amidine groups is 1. The first-order valence-corrected chi connectivity index (χ1v) is 17.6. The van der Waals surface area contributed by atoms with Gasteiger partial charge in [-0.2, -0.15) is 5.32 Å². The maximum atomic E-state index is 13.5. The average molecular weight is 745 g/mol. The lowest BCUT2D eigenvalue weighted by atomic mass is 9.95. The zero-order valence-electron chi connectivity index (χ0n) is 29.8. The molecule has 0 unspecified atom stereocenters. The largest absolute Gasteiger partial charge is 0.497 e. The summed E-state index contributed by atoms with van der Waals surface area (Å²) in [6.07, 6.45) is -1.20. The van der Waals surface area contributed by atoms with Crippen LogP contribution >= 0.6 is 0 Å². The van der Waals surface area contributed by atoms with Crippen molar-refractivity contribution in [3.05, 3.63) is 136 Å². The van der Waals surface area contributed by atoms with Crippen LogP contribution in [0.5, 0.6) is 0 Å². The number of hydrogen-bond donors (Lipinski definition) is 5. The van der Waals surface area contributed by atoms with E-state index in [2.05, 4.69) is 20.7 Å². The number of ketones is 2. The van der Waals surface area contributed by atoms with Gasteiger partial charge in [-0.05, 0) is 46.2 Å². The van der Waals surface area contributed by atoms with Crippen LogP contribution in [0.25, 0.3) is 16.7 Å². The third-order valence-corrected chi connectivity index (χ3v) is 9.16. The van der Waals surface area contributed by atoms with Gasteiger partial charge in [0.25, 0.3) is 5.78 Å². The second kappa shape index (κ2) is 18.8. The molecule has 0 radical (unpaired) electrons. The van der Waals surface area contributed by atoms with Gasteiger partial charge in [-0.1, -0.05) is 103 Å². The molecule has 2 atom stereocenters. The van der Waals surface area contributed by atoms with Crippen molar-refractivity contribution in [2.24, 2.45) is 5.73 Å². The molecule has 4 aromatic rings. The van der Waals surface area contributed by atoms with Crippen LogP contribution in [0.2, 0.25) is 0 Å². The predicted molar refractivity (Wildman–Crippen MR) is 201 cm³/mol. The van der Waals surface area contributed by atoms with E-state index < -0.39 is 54.1 Å². The van der Waals surface area contributed by atoms with Crippen molar-refractivity contribution in [3.63, 3.8) is 0 Å². The highest BCUT2D eigenvalue weighted by molar-refractivity contribution is 6.39. The van der Waals surface area contributed by atoms with Crippen molar-refractivity contribution in [2.45, 2.75) is 50.1 Å². The Morgan fingerprint density at radius 1 is 0.782 bits per heavy atom. The van der Waals surface area contributed by atoms with E-state index in [1.54, 1.807) is 54.6 Å². The molecule has 3 amide bonds. The Labute approximate surface area is 316 Å². The predicted octanol–water partition coefficient (Wildman–Crippen LogP) is 3.57. The van der Waals surface area contributed by atoms with Gasteiger partial charge in [0, 0.05) is 30.7 Å². The number of aliphatic carboxylic acids is 1. The van der Waals surface area contributed by atoms with Crippen molar-refractivity contribution in [2.75, 3.05) is 13.2 Å². The summed E-state index contributed by atoms with van der Waals surface area (Å²) in [5.74, 6) is -4.71. The molecule has 0 aliphatic heterocycles. The Bertz CT molecular complexity index is 2090. The molecule has 5 rings (SSSR count). The van der Waals surface area contributed by atoms with Crippen LogP contribution in [0, 0.1) is 0 Å². The van der Waals surface area contributed by atoms with Crippen LogP contribution in [-0.2, 0) is 36.8 Å². The highest BCUT2D eigenvalue weighted by atomic mass is 16.5. The normalized spacial score (nSPS) is 12.5. The van der Waals surface area contributed by atoms with E-state index in [1.165, 1.54) is 0 Å². The molecule has 0 aromatic heterocycles. The van der Waals surface area contributed by atoms with Crippen molar-refractivity contribution in [1.82, 2.24) is 16.0 Å². The first kappa shape index (κ1) is 39.4. The molecule has 1 aliphatic rings. The monoisotopic (exact) mass is 744 g/mol. The maximum Gasteiger partial charge on any atom is 0.407 e. The molecule has 55 heavy (non-hydrogen) atoms. The molecule has 0 bridgehead atoms. The molecular formula is C41H40N6O8. The number of amides is 3. The molecule has 0 fully saturated rings. The summed E-state index contributed by atoms with van der Waals surface area (Å²) < 4.78 is 5.65. The van der Waals surface area contributed by atoms with E-state index in [0.29, 0.717) is 11.1 Å². The molecule has 0 spiro atoms. The van der Waals surface area contributed by atoms with Crippen molar-refractivity contribution < 1.29 is 43.4 Å². The number of benzene rings is 4. The molecule has 14 nitrogen and oxygen atoms in total. The van der Waals surface area contributed by atoms with Gasteiger partial charge in [0.15, 0.2) is 5.78 Å². The van der Waals surface area contributed by atoms with Gasteiger partial charge in [0.05, 0.1) is 6.04 Å². The number of fused-ring (bicyclic) bond motifs is 3. The highest BCUT2D eigenvalue weighted by Gasteiger charge is 2.33. The SMILES string of the molecule is [N-]=[N+]=C(NC(=O)[C@H](Cc1ccccc1)NC(=O)OCC1c2ccccc2-c2ccccc21)C(=O)CCCC(=O)c1ccccc1C[C@H](N)C(=O)NCC(=O)O. The molecule has 0 saturated carbocycles. The number of carbonyl (C=O) groups excluding carboxylic acids is 5. The van der Waals surface area contributed by atoms with Gasteiger partial charge in [-0.3, -0.25) is 19.2 Å². The number of Topliss-reactive ketones (excluding diaryl/α,β-unsaturated/α-hetero) is 2. The lowest BCUT2D eigenvalue weighted by Crippen LogP contribution is -2.51. The van der Waals surface area contributed by atoms with E-state index in [0.717, 1.165) is 22.3 Å². The summed E-state index contributed by atoms with van der Waals surface area (Å²) in [6.45, 7) is -0.580. The minimum absolute atomic E-state index is 0.0134. The Morgan fingerprint density at radius 2 is 1.40 bits per heavy atom. The number of rotatable bonds is 17. The first-order chi connectivity index (χ1) is 26.5. The van der Waals surface area contributed by atoms with Gasteiger partial charge < -0.3 is 36.5 Å². The Hall–Kier alpha value is -6.76. The summed E-state index contributed by atoms with van der Waals surface area (Å²) in [5.41, 5.74) is 21.2. The second-order valence-electron chi connectivity index (χ2n) is 12.9. The molecule has 14 heteroatoms. The number of carbonyl (C=O) groups is 6. The Morgan fingerprint density at radius 3 is 2.05 bits per heavy atom. The molecule has 4 aromatic carbocycles. The van der Waals surface area contributed by atoms with Gasteiger partial charge in [0.2, 0.25) is 5.91 Å². The zero-order chi connectivity index (χ0) is 39.3. The number of carboxylic acid groups (broad SMARTS) is 1. The fourth-order valence-corrected chi connectivity index (χ4v) is 6.45. The van der Waals surface area contributed by atoms with Crippen LogP contribution in [0.1, 0.15) is 57.8 Å². The number of nitrogens with one attached hydrogen (secondary N) is 3. The Kier molecular flexibility index (Phi) is 13.5. The quantitative estimate of drug-likeness (QED) is 0.0349. The third-order valence-electron chi connectivity index (χ3n) is 9.16. The van der Waals surface area contributed by atoms with Crippen LogP contribution in [-0.4, -0.2) is 76.4 Å². The fourth-order valence-electron chi connectivity index (χ4n) is 6.45. The average Bonchev–Trinajstić information content (AvgIpc) is 3.51. The number of nitrogens with two attached hydrogens (primary N) is 1. The molecular weight excluding hydrogens is 704 g/mol. The summed E-state index contributed by atoms with van der Waals surface area (Å²) in [4.78, 5) is 78.8. The van der Waals surface area contributed by atoms with Gasteiger partial charge in [-0.15, -0.1) is 0 Å². The van der Waals surface area contributed by atoms with Crippen LogP contribution in [0.4, 0.5) is 4.79 Å². The highest BCUT2D eigenvalue weighted by Crippen LogP contribution is 2.44. The first-order valence-electron chi connectivity index (χ1n) is 17.6. The lowest BCUT2D eigenvalue weighted by molar-refractivity contribution is -0.138. The van der Waals surface area contributed by atoms with Crippen molar-refractivity contribution >= 4 is 41.3 Å². The van der Waals surface area contributed by atoms with E-state index in [9.17, 15) is 34.3 Å². The number of alkyl carbamates (subject to hydrolysis) is 1. The lowest BCUT2D eigenvalue weighted by Gasteiger charge is -2.18. The summed E-state index contributed by atoms with van der Waals surface area (Å²) in [5, 5.41) is 15.9. The van der Waals surface area contributed by atoms with Gasteiger partial charge in [-0.25, -0.2) is 9.59 Å². The second-order valence-corrected chi connectivity index (χ2v) is 12.9. The third kappa shape index (κ3) is 10.4. The van der Waals surface area contributed by atoms with E-state index >= 15 is 0 Å². The zero-order valence-corrected chi connectivity index (χ0v) is 29.8. The number of carboxylic acids is 1. The molecule has 282 valence electrons. The van der Waals surface area contributed by atoms with Crippen molar-refractivity contribution in [1.29, 1.82) is 0 Å². The summed E-state index contributed by atoms with van der Waals surface area (Å²) in [7, 11) is 0. The smallest absolute Gasteiger partial charge is 0.407 e.